The van der Waals surface area contributed by atoms with Crippen LogP contribution >= 0.6 is 12.2 Å². The largest absolute Gasteiger partial charge is 0.427 e. The van der Waals surface area contributed by atoms with Gasteiger partial charge in [0.25, 0.3) is 5.91 Å². The Morgan fingerprint density at radius 1 is 0.917 bits per heavy atom. The highest BCUT2D eigenvalue weighted by Crippen LogP contribution is 2.19. The summed E-state index contributed by atoms with van der Waals surface area (Å²) in [5.74, 6) is -0.378. The number of carbonyl (C=O) groups is 1. The molecule has 0 aliphatic rings. The standard InChI is InChI=1S/C19H16N2O2S/c22-19(17-7-4-8-18(24)21(17)23)20-13-14-9-11-16(12-10-14)15-5-2-1-3-6-15/h1-12,23H,13H2,(H,20,22). The zero-order valence-electron chi connectivity index (χ0n) is 12.8. The lowest BCUT2D eigenvalue weighted by Gasteiger charge is -2.09. The SMILES string of the molecule is O=C(NCc1ccc(-c2ccccc2)cc1)c1cccc(=S)n1O. The van der Waals surface area contributed by atoms with Gasteiger partial charge in [-0.25, -0.2) is 0 Å². The molecule has 120 valence electrons. The molecule has 0 aliphatic carbocycles. The summed E-state index contributed by atoms with van der Waals surface area (Å²) in [5, 5.41) is 12.6. The molecule has 0 aliphatic heterocycles. The van der Waals surface area contributed by atoms with Gasteiger partial charge in [-0.2, -0.15) is 4.73 Å². The van der Waals surface area contributed by atoms with Gasteiger partial charge in [0.05, 0.1) is 0 Å². The van der Waals surface area contributed by atoms with Crippen molar-refractivity contribution in [1.29, 1.82) is 0 Å². The first-order valence-corrected chi connectivity index (χ1v) is 7.90. The summed E-state index contributed by atoms with van der Waals surface area (Å²) < 4.78 is 0.901. The van der Waals surface area contributed by atoms with Crippen molar-refractivity contribution in [3.63, 3.8) is 0 Å². The van der Waals surface area contributed by atoms with E-state index < -0.39 is 0 Å². The highest BCUT2D eigenvalue weighted by molar-refractivity contribution is 7.71. The Bertz CT molecular complexity index is 903. The average molecular weight is 336 g/mol. The first-order chi connectivity index (χ1) is 11.6. The van der Waals surface area contributed by atoms with Gasteiger partial charge >= 0.3 is 0 Å². The van der Waals surface area contributed by atoms with Gasteiger partial charge in [0.15, 0.2) is 0 Å². The average Bonchev–Trinajstić information content (AvgIpc) is 2.63. The maximum Gasteiger partial charge on any atom is 0.271 e. The van der Waals surface area contributed by atoms with E-state index in [0.29, 0.717) is 11.3 Å². The molecule has 24 heavy (non-hydrogen) atoms. The number of aromatic nitrogens is 1. The first-order valence-electron chi connectivity index (χ1n) is 7.49. The Balaban J connectivity index is 1.68. The summed E-state index contributed by atoms with van der Waals surface area (Å²) in [6.45, 7) is 0.371. The maximum absolute atomic E-state index is 12.1. The van der Waals surface area contributed by atoms with Crippen LogP contribution < -0.4 is 5.32 Å². The quantitative estimate of drug-likeness (QED) is 0.558. The Morgan fingerprint density at radius 3 is 2.29 bits per heavy atom. The molecule has 2 aromatic carbocycles. The van der Waals surface area contributed by atoms with Crippen LogP contribution in [0.5, 0.6) is 0 Å². The van der Waals surface area contributed by atoms with Crippen molar-refractivity contribution in [3.05, 3.63) is 88.7 Å². The fourth-order valence-electron chi connectivity index (χ4n) is 2.37. The molecule has 0 bridgehead atoms. The fourth-order valence-corrected chi connectivity index (χ4v) is 2.55. The van der Waals surface area contributed by atoms with Gasteiger partial charge in [0.2, 0.25) is 0 Å². The van der Waals surface area contributed by atoms with E-state index in [1.165, 1.54) is 6.07 Å². The second kappa shape index (κ2) is 7.10. The van der Waals surface area contributed by atoms with E-state index in [1.54, 1.807) is 12.1 Å². The number of nitrogens with one attached hydrogen (secondary N) is 1. The lowest BCUT2D eigenvalue weighted by molar-refractivity contribution is 0.0893. The molecule has 5 heteroatoms. The summed E-state index contributed by atoms with van der Waals surface area (Å²) in [4.78, 5) is 12.1. The molecule has 1 aromatic heterocycles. The third-order valence-electron chi connectivity index (χ3n) is 3.68. The van der Waals surface area contributed by atoms with Gasteiger partial charge < -0.3 is 10.5 Å². The molecule has 0 spiro atoms. The van der Waals surface area contributed by atoms with Crippen molar-refractivity contribution in [1.82, 2.24) is 10.0 Å². The number of pyridine rings is 1. The number of nitrogens with zero attached hydrogens (tertiary/aromatic N) is 1. The molecule has 3 rings (SSSR count). The van der Waals surface area contributed by atoms with Crippen molar-refractivity contribution >= 4 is 18.1 Å². The van der Waals surface area contributed by atoms with Crippen LogP contribution in [0.1, 0.15) is 16.1 Å². The molecular formula is C19H16N2O2S. The molecule has 0 atom stereocenters. The summed E-state index contributed by atoms with van der Waals surface area (Å²) in [6, 6.07) is 22.8. The van der Waals surface area contributed by atoms with Crippen molar-refractivity contribution < 1.29 is 10.0 Å². The molecule has 0 fully saturated rings. The van der Waals surface area contributed by atoms with Gasteiger partial charge in [-0.15, -0.1) is 0 Å². The predicted molar refractivity (Wildman–Crippen MR) is 95.5 cm³/mol. The van der Waals surface area contributed by atoms with E-state index >= 15 is 0 Å². The van der Waals surface area contributed by atoms with Gasteiger partial charge in [-0.3, -0.25) is 4.79 Å². The lowest BCUT2D eigenvalue weighted by Crippen LogP contribution is -2.26. The Hall–Kier alpha value is -2.92. The highest BCUT2D eigenvalue weighted by atomic mass is 32.1. The van der Waals surface area contributed by atoms with Crippen molar-refractivity contribution in [3.8, 4) is 11.1 Å². The number of rotatable bonds is 4. The Labute approximate surface area is 145 Å². The second-order valence-corrected chi connectivity index (χ2v) is 5.72. The summed E-state index contributed by atoms with van der Waals surface area (Å²) in [6.07, 6.45) is 0. The van der Waals surface area contributed by atoms with E-state index in [1.807, 2.05) is 42.5 Å². The summed E-state index contributed by atoms with van der Waals surface area (Å²) >= 11 is 4.93. The normalized spacial score (nSPS) is 10.3. The maximum atomic E-state index is 12.1. The smallest absolute Gasteiger partial charge is 0.271 e. The zero-order chi connectivity index (χ0) is 16.9. The molecule has 0 radical (unpaired) electrons. The van der Waals surface area contributed by atoms with Crippen LogP contribution in [0.3, 0.4) is 0 Å². The number of carbonyl (C=O) groups excluding carboxylic acids is 1. The van der Waals surface area contributed by atoms with E-state index in [0.717, 1.165) is 16.7 Å². The van der Waals surface area contributed by atoms with E-state index in [4.69, 9.17) is 12.2 Å². The molecule has 0 saturated heterocycles. The Kier molecular flexibility index (Phi) is 4.72. The summed E-state index contributed by atoms with van der Waals surface area (Å²) in [7, 11) is 0. The number of amides is 1. The molecule has 2 N–H and O–H groups in total. The van der Waals surface area contributed by atoms with Crippen molar-refractivity contribution in [2.75, 3.05) is 0 Å². The van der Waals surface area contributed by atoms with E-state index in [2.05, 4.69) is 17.4 Å². The van der Waals surface area contributed by atoms with Crippen LogP contribution in [0.25, 0.3) is 11.1 Å². The molecule has 1 heterocycles. The topological polar surface area (TPSA) is 54.3 Å². The molecule has 0 unspecified atom stereocenters. The van der Waals surface area contributed by atoms with Gasteiger partial charge in [-0.1, -0.05) is 72.9 Å². The van der Waals surface area contributed by atoms with Crippen molar-refractivity contribution in [2.24, 2.45) is 0 Å². The minimum Gasteiger partial charge on any atom is -0.427 e. The molecule has 0 saturated carbocycles. The van der Waals surface area contributed by atoms with Crippen LogP contribution in [-0.4, -0.2) is 15.8 Å². The zero-order valence-corrected chi connectivity index (χ0v) is 13.7. The summed E-state index contributed by atoms with van der Waals surface area (Å²) in [5.41, 5.74) is 3.36. The van der Waals surface area contributed by atoms with E-state index in [9.17, 15) is 10.0 Å². The monoisotopic (exact) mass is 336 g/mol. The minimum atomic E-state index is -0.378. The molecule has 1 amide bonds. The van der Waals surface area contributed by atoms with Gasteiger partial charge in [0, 0.05) is 6.54 Å². The third-order valence-corrected chi connectivity index (χ3v) is 3.99. The van der Waals surface area contributed by atoms with E-state index in [-0.39, 0.29) is 16.2 Å². The highest BCUT2D eigenvalue weighted by Gasteiger charge is 2.10. The minimum absolute atomic E-state index is 0.114. The van der Waals surface area contributed by atoms with Crippen LogP contribution in [0.15, 0.2) is 72.8 Å². The number of hydrogen-bond acceptors (Lipinski definition) is 3. The van der Waals surface area contributed by atoms with Crippen LogP contribution in [0.4, 0.5) is 0 Å². The van der Waals surface area contributed by atoms with Crippen molar-refractivity contribution in [2.45, 2.75) is 6.54 Å². The number of hydrogen-bond donors (Lipinski definition) is 2. The van der Waals surface area contributed by atoms with Crippen LogP contribution in [0.2, 0.25) is 0 Å². The van der Waals surface area contributed by atoms with Gasteiger partial charge in [-0.05, 0) is 28.8 Å². The van der Waals surface area contributed by atoms with Crippen LogP contribution in [-0.2, 0) is 6.54 Å². The molecule has 4 nitrogen and oxygen atoms in total. The molecular weight excluding hydrogens is 320 g/mol. The fraction of sp³-hybridized carbons (Fsp3) is 0.0526. The third kappa shape index (κ3) is 3.52. The first kappa shape index (κ1) is 16.0. The lowest BCUT2D eigenvalue weighted by atomic mass is 10.0. The Morgan fingerprint density at radius 2 is 1.58 bits per heavy atom. The molecule has 3 aromatic rings. The van der Waals surface area contributed by atoms with Gasteiger partial charge in [0.1, 0.15) is 10.3 Å². The number of benzene rings is 2. The second-order valence-electron chi connectivity index (χ2n) is 5.31. The predicted octanol–water partition coefficient (Wildman–Crippen LogP) is 4.05. The van der Waals surface area contributed by atoms with Crippen LogP contribution in [0, 0.1) is 4.64 Å².